The number of hydrogen-bond donors (Lipinski definition) is 2. The molecule has 0 amide bonds. The predicted molar refractivity (Wildman–Crippen MR) is 83.9 cm³/mol. The first-order valence-corrected chi connectivity index (χ1v) is 7.80. The van der Waals surface area contributed by atoms with E-state index in [2.05, 4.69) is 0 Å². The summed E-state index contributed by atoms with van der Waals surface area (Å²) < 4.78 is 4.90. The first-order chi connectivity index (χ1) is 10.2. The summed E-state index contributed by atoms with van der Waals surface area (Å²) in [6.45, 7) is 2.95. The molecule has 1 aromatic carbocycles. The monoisotopic (exact) mass is 293 g/mol. The number of aliphatic hydroxyl groups is 1. The molecule has 0 saturated carbocycles. The van der Waals surface area contributed by atoms with E-state index < -0.39 is 6.10 Å². The van der Waals surface area contributed by atoms with Crippen molar-refractivity contribution in [1.82, 2.24) is 0 Å². The van der Waals surface area contributed by atoms with Crippen LogP contribution >= 0.6 is 0 Å². The van der Waals surface area contributed by atoms with Crippen LogP contribution in [0, 0.1) is 0 Å². The molecular formula is C17H27NO3. The molecule has 0 aliphatic carbocycles. The molecule has 0 spiro atoms. The minimum atomic E-state index is -0.415. The van der Waals surface area contributed by atoms with Gasteiger partial charge in [0.05, 0.1) is 12.7 Å². The van der Waals surface area contributed by atoms with E-state index in [4.69, 9.17) is 10.5 Å². The van der Waals surface area contributed by atoms with Crippen LogP contribution in [0.15, 0.2) is 24.3 Å². The van der Waals surface area contributed by atoms with Crippen LogP contribution in [0.2, 0.25) is 0 Å². The maximum Gasteiger partial charge on any atom is 0.306 e. The third kappa shape index (κ3) is 7.25. The maximum absolute atomic E-state index is 11.3. The zero-order valence-corrected chi connectivity index (χ0v) is 12.9. The Labute approximate surface area is 127 Å². The second kappa shape index (κ2) is 10.4. The minimum Gasteiger partial charge on any atom is -0.466 e. The van der Waals surface area contributed by atoms with Crippen molar-refractivity contribution in [3.8, 4) is 0 Å². The first-order valence-electron chi connectivity index (χ1n) is 7.80. The lowest BCUT2D eigenvalue weighted by atomic mass is 10.0. The number of rotatable bonds is 10. The van der Waals surface area contributed by atoms with Gasteiger partial charge >= 0.3 is 5.97 Å². The number of aryl methyl sites for hydroxylation is 1. The zero-order chi connectivity index (χ0) is 15.5. The zero-order valence-electron chi connectivity index (χ0n) is 12.9. The van der Waals surface area contributed by atoms with Crippen LogP contribution < -0.4 is 5.73 Å². The number of hydrogen-bond acceptors (Lipinski definition) is 4. The lowest BCUT2D eigenvalue weighted by Gasteiger charge is -2.11. The van der Waals surface area contributed by atoms with Gasteiger partial charge in [-0.3, -0.25) is 4.79 Å². The third-order valence-electron chi connectivity index (χ3n) is 3.47. The van der Waals surface area contributed by atoms with Gasteiger partial charge in [0.25, 0.3) is 0 Å². The smallest absolute Gasteiger partial charge is 0.306 e. The summed E-state index contributed by atoms with van der Waals surface area (Å²) in [6, 6.07) is 7.82. The van der Waals surface area contributed by atoms with Crippen LogP contribution in [0.4, 0.5) is 0 Å². The molecular weight excluding hydrogens is 266 g/mol. The Morgan fingerprint density at radius 1 is 1.24 bits per heavy atom. The van der Waals surface area contributed by atoms with Crippen LogP contribution in [-0.2, 0) is 16.0 Å². The summed E-state index contributed by atoms with van der Waals surface area (Å²) in [5.74, 6) is -0.165. The van der Waals surface area contributed by atoms with Crippen molar-refractivity contribution in [1.29, 1.82) is 0 Å². The fourth-order valence-electron chi connectivity index (χ4n) is 2.21. The minimum absolute atomic E-state index is 0.165. The standard InChI is InChI=1S/C17H27NO3/c1-2-21-17(20)12-9-14-7-10-15(11-8-14)16(19)6-4-3-5-13-18/h7-8,10-11,16,19H,2-6,9,12-13,18H2,1H3. The van der Waals surface area contributed by atoms with E-state index in [9.17, 15) is 9.90 Å². The average Bonchev–Trinajstić information content (AvgIpc) is 2.50. The molecule has 1 rings (SSSR count). The molecule has 3 N–H and O–H groups in total. The van der Waals surface area contributed by atoms with Gasteiger partial charge in [-0.15, -0.1) is 0 Å². The van der Waals surface area contributed by atoms with Crippen LogP contribution in [-0.4, -0.2) is 24.2 Å². The topological polar surface area (TPSA) is 72.5 Å². The van der Waals surface area contributed by atoms with Crippen LogP contribution in [0.25, 0.3) is 0 Å². The summed E-state index contributed by atoms with van der Waals surface area (Å²) in [7, 11) is 0. The molecule has 21 heavy (non-hydrogen) atoms. The first kappa shape index (κ1) is 17.7. The molecule has 0 aliphatic rings. The molecule has 4 heteroatoms. The van der Waals surface area contributed by atoms with Crippen molar-refractivity contribution in [3.05, 3.63) is 35.4 Å². The number of unbranched alkanes of at least 4 members (excludes halogenated alkanes) is 2. The Hall–Kier alpha value is -1.39. The van der Waals surface area contributed by atoms with Gasteiger partial charge in [0.2, 0.25) is 0 Å². The highest BCUT2D eigenvalue weighted by atomic mass is 16.5. The highest BCUT2D eigenvalue weighted by Crippen LogP contribution is 2.20. The lowest BCUT2D eigenvalue weighted by molar-refractivity contribution is -0.143. The number of benzene rings is 1. The van der Waals surface area contributed by atoms with E-state index >= 15 is 0 Å². The van der Waals surface area contributed by atoms with Crippen molar-refractivity contribution >= 4 is 5.97 Å². The Morgan fingerprint density at radius 2 is 1.95 bits per heavy atom. The van der Waals surface area contributed by atoms with Gasteiger partial charge in [0.1, 0.15) is 0 Å². The van der Waals surface area contributed by atoms with Crippen LogP contribution in [0.5, 0.6) is 0 Å². The fourth-order valence-corrected chi connectivity index (χ4v) is 2.21. The summed E-state index contributed by atoms with van der Waals surface area (Å²) in [6.07, 6.45) is 4.48. The summed E-state index contributed by atoms with van der Waals surface area (Å²) in [5, 5.41) is 10.1. The number of carbonyl (C=O) groups excluding carboxylic acids is 1. The molecule has 0 aliphatic heterocycles. The lowest BCUT2D eigenvalue weighted by Crippen LogP contribution is -2.05. The van der Waals surface area contributed by atoms with E-state index in [-0.39, 0.29) is 5.97 Å². The number of aliphatic hydroxyl groups excluding tert-OH is 1. The quantitative estimate of drug-likeness (QED) is 0.514. The molecule has 0 radical (unpaired) electrons. The molecule has 0 aromatic heterocycles. The number of esters is 1. The molecule has 4 nitrogen and oxygen atoms in total. The highest BCUT2D eigenvalue weighted by molar-refractivity contribution is 5.69. The molecule has 0 saturated heterocycles. The van der Waals surface area contributed by atoms with Crippen molar-refractivity contribution in [3.63, 3.8) is 0 Å². The van der Waals surface area contributed by atoms with Gasteiger partial charge in [0, 0.05) is 6.42 Å². The molecule has 0 bridgehead atoms. The summed E-state index contributed by atoms with van der Waals surface area (Å²) >= 11 is 0. The van der Waals surface area contributed by atoms with Gasteiger partial charge < -0.3 is 15.6 Å². The second-order valence-electron chi connectivity index (χ2n) is 5.20. The Kier molecular flexibility index (Phi) is 8.71. The summed E-state index contributed by atoms with van der Waals surface area (Å²) in [5.41, 5.74) is 7.46. The van der Waals surface area contributed by atoms with Gasteiger partial charge in [-0.2, -0.15) is 0 Å². The Balaban J connectivity index is 2.36. The Bertz CT molecular complexity index is 403. The highest BCUT2D eigenvalue weighted by Gasteiger charge is 2.08. The second-order valence-corrected chi connectivity index (χ2v) is 5.20. The number of nitrogens with two attached hydrogens (primary N) is 1. The van der Waals surface area contributed by atoms with Crippen molar-refractivity contribution < 1.29 is 14.6 Å². The number of carbonyl (C=O) groups is 1. The van der Waals surface area contributed by atoms with Crippen LogP contribution in [0.1, 0.15) is 56.3 Å². The van der Waals surface area contributed by atoms with Crippen molar-refractivity contribution in [2.24, 2.45) is 5.73 Å². The molecule has 1 unspecified atom stereocenters. The average molecular weight is 293 g/mol. The summed E-state index contributed by atoms with van der Waals surface area (Å²) in [4.78, 5) is 11.3. The molecule has 118 valence electrons. The normalized spacial score (nSPS) is 12.1. The van der Waals surface area contributed by atoms with Gasteiger partial charge in [-0.1, -0.05) is 37.1 Å². The molecule has 1 aromatic rings. The maximum atomic E-state index is 11.3. The largest absolute Gasteiger partial charge is 0.466 e. The van der Waals surface area contributed by atoms with Crippen molar-refractivity contribution in [2.75, 3.05) is 13.2 Å². The predicted octanol–water partition coefficient (Wildman–Crippen LogP) is 2.73. The fraction of sp³-hybridized carbons (Fsp3) is 0.588. The molecule has 0 heterocycles. The van der Waals surface area contributed by atoms with Crippen LogP contribution in [0.3, 0.4) is 0 Å². The van der Waals surface area contributed by atoms with Gasteiger partial charge in [-0.05, 0) is 43.9 Å². The number of ether oxygens (including phenoxy) is 1. The van der Waals surface area contributed by atoms with E-state index in [0.717, 1.165) is 36.8 Å². The molecule has 0 fully saturated rings. The van der Waals surface area contributed by atoms with Crippen molar-refractivity contribution in [2.45, 2.75) is 51.6 Å². The van der Waals surface area contributed by atoms with E-state index in [0.29, 0.717) is 26.0 Å². The van der Waals surface area contributed by atoms with Gasteiger partial charge in [-0.25, -0.2) is 0 Å². The van der Waals surface area contributed by atoms with E-state index in [1.807, 2.05) is 31.2 Å². The molecule has 1 atom stereocenters. The SMILES string of the molecule is CCOC(=O)CCc1ccc(C(O)CCCCCN)cc1. The van der Waals surface area contributed by atoms with E-state index in [1.165, 1.54) is 0 Å². The van der Waals surface area contributed by atoms with E-state index in [1.54, 1.807) is 0 Å². The Morgan fingerprint density at radius 3 is 2.57 bits per heavy atom. The third-order valence-corrected chi connectivity index (χ3v) is 3.47. The van der Waals surface area contributed by atoms with Gasteiger partial charge in [0.15, 0.2) is 0 Å².